The van der Waals surface area contributed by atoms with Gasteiger partial charge in [0, 0.05) is 13.1 Å². The number of morpholine rings is 1. The van der Waals surface area contributed by atoms with Crippen LogP contribution in [0.15, 0.2) is 42.6 Å². The van der Waals surface area contributed by atoms with E-state index in [2.05, 4.69) is 15.2 Å². The molecule has 4 rings (SSSR count). The van der Waals surface area contributed by atoms with Gasteiger partial charge in [0.15, 0.2) is 0 Å². The Labute approximate surface area is 173 Å². The molecule has 160 valence electrons. The van der Waals surface area contributed by atoms with Crippen LogP contribution in [0.25, 0.3) is 0 Å². The number of amides is 1. The topological polar surface area (TPSA) is 54.5 Å². The number of aromatic nitrogens is 1. The number of anilines is 2. The Morgan fingerprint density at radius 2 is 1.83 bits per heavy atom. The van der Waals surface area contributed by atoms with Crippen LogP contribution >= 0.6 is 0 Å². The van der Waals surface area contributed by atoms with Gasteiger partial charge < -0.3 is 15.0 Å². The molecule has 5 nitrogen and oxygen atoms in total. The molecule has 2 aliphatic rings. The quantitative estimate of drug-likeness (QED) is 0.799. The minimum atomic E-state index is -4.44. The maximum atomic E-state index is 13.2. The molecule has 1 aliphatic heterocycles. The molecule has 0 atom stereocenters. The lowest BCUT2D eigenvalue weighted by atomic mass is 9.77. The van der Waals surface area contributed by atoms with Gasteiger partial charge in [0.25, 0.3) is 0 Å². The van der Waals surface area contributed by atoms with Crippen LogP contribution < -0.4 is 10.2 Å². The molecule has 0 radical (unpaired) electrons. The Morgan fingerprint density at radius 3 is 2.47 bits per heavy atom. The van der Waals surface area contributed by atoms with Crippen molar-refractivity contribution >= 4 is 17.4 Å². The minimum absolute atomic E-state index is 0.278. The van der Waals surface area contributed by atoms with E-state index in [-0.39, 0.29) is 5.91 Å². The summed E-state index contributed by atoms with van der Waals surface area (Å²) < 4.78 is 44.9. The van der Waals surface area contributed by atoms with Crippen molar-refractivity contribution in [2.45, 2.75) is 37.3 Å². The molecule has 1 saturated heterocycles. The number of rotatable bonds is 4. The number of hydrogen-bond acceptors (Lipinski definition) is 4. The molecule has 1 N–H and O–H groups in total. The summed E-state index contributed by atoms with van der Waals surface area (Å²) in [5.74, 6) is 0.532. The van der Waals surface area contributed by atoms with Crippen LogP contribution in [-0.4, -0.2) is 37.2 Å². The third kappa shape index (κ3) is 4.14. The Morgan fingerprint density at radius 1 is 1.10 bits per heavy atom. The van der Waals surface area contributed by atoms with E-state index in [1.165, 1.54) is 6.07 Å². The van der Waals surface area contributed by atoms with Crippen molar-refractivity contribution in [2.24, 2.45) is 0 Å². The van der Waals surface area contributed by atoms with Gasteiger partial charge in [-0.2, -0.15) is 13.2 Å². The molecule has 1 amide bonds. The third-order valence-electron chi connectivity index (χ3n) is 5.98. The Bertz CT molecular complexity index is 887. The number of alkyl halides is 3. The van der Waals surface area contributed by atoms with Crippen molar-refractivity contribution in [3.8, 4) is 0 Å². The van der Waals surface area contributed by atoms with Crippen molar-refractivity contribution in [1.82, 2.24) is 4.98 Å². The minimum Gasteiger partial charge on any atom is -0.378 e. The predicted molar refractivity (Wildman–Crippen MR) is 107 cm³/mol. The first-order valence-electron chi connectivity index (χ1n) is 10.2. The fourth-order valence-electron chi connectivity index (χ4n) is 4.31. The van der Waals surface area contributed by atoms with E-state index >= 15 is 0 Å². The van der Waals surface area contributed by atoms with Gasteiger partial charge >= 0.3 is 6.18 Å². The highest BCUT2D eigenvalue weighted by molar-refractivity contribution is 5.99. The summed E-state index contributed by atoms with van der Waals surface area (Å²) in [5.41, 5.74) is -0.722. The number of ether oxygens (including phenoxy) is 1. The number of halogens is 3. The van der Waals surface area contributed by atoms with E-state index in [1.807, 2.05) is 6.07 Å². The molecule has 1 saturated carbocycles. The lowest BCUT2D eigenvalue weighted by Gasteiger charge is -2.29. The number of nitrogens with one attached hydrogen (secondary N) is 1. The summed E-state index contributed by atoms with van der Waals surface area (Å²) in [6.45, 7) is 2.83. The Hall–Kier alpha value is -2.61. The van der Waals surface area contributed by atoms with Gasteiger partial charge in [-0.3, -0.25) is 4.79 Å². The highest BCUT2D eigenvalue weighted by Gasteiger charge is 2.44. The highest BCUT2D eigenvalue weighted by atomic mass is 19.4. The standard InChI is InChI=1S/C22H24F3N3O2/c23-22(24,25)17-5-3-4-16(14-17)21(8-1-2-9-21)20(29)27-18-6-7-19(26-15-18)28-10-12-30-13-11-28/h3-7,14-15H,1-2,8-13H2,(H,27,29). The first-order valence-corrected chi connectivity index (χ1v) is 10.2. The van der Waals surface area contributed by atoms with E-state index < -0.39 is 17.2 Å². The molecule has 2 aromatic rings. The summed E-state index contributed by atoms with van der Waals surface area (Å²) >= 11 is 0. The molecule has 2 heterocycles. The van der Waals surface area contributed by atoms with E-state index in [4.69, 9.17) is 4.74 Å². The Kier molecular flexibility index (Phi) is 5.69. The lowest BCUT2D eigenvalue weighted by Crippen LogP contribution is -2.38. The first kappa shape index (κ1) is 20.7. The molecule has 0 bridgehead atoms. The highest BCUT2D eigenvalue weighted by Crippen LogP contribution is 2.43. The average Bonchev–Trinajstić information content (AvgIpc) is 3.26. The number of carbonyl (C=O) groups is 1. The molecule has 1 aliphatic carbocycles. The van der Waals surface area contributed by atoms with Crippen LogP contribution in [0.4, 0.5) is 24.7 Å². The number of nitrogens with zero attached hydrogens (tertiary/aromatic N) is 2. The van der Waals surface area contributed by atoms with Crippen LogP contribution in [0.1, 0.15) is 36.8 Å². The summed E-state index contributed by atoms with van der Waals surface area (Å²) in [6.07, 6.45) is -0.183. The van der Waals surface area contributed by atoms with Crippen molar-refractivity contribution in [1.29, 1.82) is 0 Å². The van der Waals surface area contributed by atoms with Crippen LogP contribution in [0, 0.1) is 0 Å². The van der Waals surface area contributed by atoms with Gasteiger partial charge in [0.2, 0.25) is 5.91 Å². The van der Waals surface area contributed by atoms with Crippen LogP contribution in [-0.2, 0) is 21.1 Å². The molecule has 0 spiro atoms. The monoisotopic (exact) mass is 419 g/mol. The second-order valence-electron chi connectivity index (χ2n) is 7.83. The maximum Gasteiger partial charge on any atom is 0.416 e. The van der Waals surface area contributed by atoms with Crippen molar-refractivity contribution in [3.05, 3.63) is 53.7 Å². The van der Waals surface area contributed by atoms with Gasteiger partial charge in [-0.05, 0) is 36.6 Å². The summed E-state index contributed by atoms with van der Waals surface area (Å²) in [6, 6.07) is 8.78. The Balaban J connectivity index is 1.54. The third-order valence-corrected chi connectivity index (χ3v) is 5.98. The molecule has 1 aromatic heterocycles. The zero-order valence-electron chi connectivity index (χ0n) is 16.5. The number of benzene rings is 1. The molecule has 30 heavy (non-hydrogen) atoms. The van der Waals surface area contributed by atoms with Gasteiger partial charge in [-0.25, -0.2) is 4.98 Å². The largest absolute Gasteiger partial charge is 0.416 e. The molecule has 0 unspecified atom stereocenters. The normalized spacial score (nSPS) is 19.0. The van der Waals surface area contributed by atoms with Crippen LogP contribution in [0.2, 0.25) is 0 Å². The zero-order chi connectivity index (χ0) is 21.2. The smallest absolute Gasteiger partial charge is 0.378 e. The van der Waals surface area contributed by atoms with E-state index in [9.17, 15) is 18.0 Å². The van der Waals surface area contributed by atoms with Crippen molar-refractivity contribution in [2.75, 3.05) is 36.5 Å². The van der Waals surface area contributed by atoms with E-state index in [0.29, 0.717) is 37.3 Å². The molecule has 8 heteroatoms. The summed E-state index contributed by atoms with van der Waals surface area (Å²) in [7, 11) is 0. The maximum absolute atomic E-state index is 13.2. The van der Waals surface area contributed by atoms with Gasteiger partial charge in [-0.15, -0.1) is 0 Å². The predicted octanol–water partition coefficient (Wildman–Crippen LogP) is 4.39. The van der Waals surface area contributed by atoms with Crippen molar-refractivity contribution in [3.63, 3.8) is 0 Å². The lowest BCUT2D eigenvalue weighted by molar-refractivity contribution is -0.137. The average molecular weight is 419 g/mol. The van der Waals surface area contributed by atoms with Crippen LogP contribution in [0.5, 0.6) is 0 Å². The van der Waals surface area contributed by atoms with Gasteiger partial charge in [0.1, 0.15) is 5.82 Å². The summed E-state index contributed by atoms with van der Waals surface area (Å²) in [4.78, 5) is 19.8. The number of carbonyl (C=O) groups excluding carboxylic acids is 1. The number of pyridine rings is 1. The van der Waals surface area contributed by atoms with E-state index in [0.717, 1.165) is 43.9 Å². The fraction of sp³-hybridized carbons (Fsp3) is 0.455. The fourth-order valence-corrected chi connectivity index (χ4v) is 4.31. The van der Waals surface area contributed by atoms with Crippen LogP contribution in [0.3, 0.4) is 0 Å². The van der Waals surface area contributed by atoms with Crippen molar-refractivity contribution < 1.29 is 22.7 Å². The molecular weight excluding hydrogens is 395 g/mol. The number of hydrogen-bond donors (Lipinski definition) is 1. The molecular formula is C22H24F3N3O2. The summed E-state index contributed by atoms with van der Waals surface area (Å²) in [5, 5.41) is 2.89. The first-order chi connectivity index (χ1) is 14.4. The molecule has 2 fully saturated rings. The molecule has 1 aromatic carbocycles. The van der Waals surface area contributed by atoms with Gasteiger partial charge in [0.05, 0.1) is 36.1 Å². The zero-order valence-corrected chi connectivity index (χ0v) is 16.5. The second kappa shape index (κ2) is 8.26. The van der Waals surface area contributed by atoms with E-state index in [1.54, 1.807) is 18.3 Å². The SMILES string of the molecule is O=C(Nc1ccc(N2CCOCC2)nc1)C1(c2cccc(C(F)(F)F)c2)CCCC1. The van der Waals surface area contributed by atoms with Gasteiger partial charge in [-0.1, -0.05) is 31.0 Å². The second-order valence-corrected chi connectivity index (χ2v) is 7.83.